The lowest BCUT2D eigenvalue weighted by Crippen LogP contribution is -2.29. The lowest BCUT2D eigenvalue weighted by atomic mass is 10.1. The van der Waals surface area contributed by atoms with Crippen molar-refractivity contribution in [3.63, 3.8) is 0 Å². The molecule has 0 aliphatic carbocycles. The summed E-state index contributed by atoms with van der Waals surface area (Å²) in [5, 5.41) is 10.4. The van der Waals surface area contributed by atoms with Gasteiger partial charge in [-0.1, -0.05) is 52.0 Å². The smallest absolute Gasteiger partial charge is 0.251 e. The molecule has 1 heterocycles. The van der Waals surface area contributed by atoms with Gasteiger partial charge in [0, 0.05) is 50.0 Å². The molecule has 0 aliphatic rings. The van der Waals surface area contributed by atoms with E-state index in [9.17, 15) is 9.59 Å². The molecule has 7 heteroatoms. The first-order valence-corrected chi connectivity index (χ1v) is 13.1. The van der Waals surface area contributed by atoms with Crippen LogP contribution in [0.4, 0.5) is 0 Å². The minimum atomic E-state index is -0.0470. The first-order chi connectivity index (χ1) is 17.7. The van der Waals surface area contributed by atoms with Gasteiger partial charge in [-0.2, -0.15) is 5.10 Å². The van der Waals surface area contributed by atoms with Crippen LogP contribution in [-0.4, -0.2) is 46.1 Å². The van der Waals surface area contributed by atoms with Gasteiger partial charge >= 0.3 is 0 Å². The highest BCUT2D eigenvalue weighted by Crippen LogP contribution is 2.14. The summed E-state index contributed by atoms with van der Waals surface area (Å²) in [6.45, 7) is 14.5. The van der Waals surface area contributed by atoms with E-state index >= 15 is 0 Å². The molecule has 37 heavy (non-hydrogen) atoms. The van der Waals surface area contributed by atoms with Crippen LogP contribution in [0.15, 0.2) is 60.9 Å². The second kappa shape index (κ2) is 13.7. The number of nitrogens with one attached hydrogen (secondary N) is 2. The van der Waals surface area contributed by atoms with Gasteiger partial charge in [0.2, 0.25) is 0 Å². The predicted molar refractivity (Wildman–Crippen MR) is 148 cm³/mol. The summed E-state index contributed by atoms with van der Waals surface area (Å²) in [6, 6.07) is 15.6. The molecule has 3 aromatic rings. The molecule has 1 aromatic heterocycles. The summed E-state index contributed by atoms with van der Waals surface area (Å²) >= 11 is 0. The number of rotatable bonds is 13. The third kappa shape index (κ3) is 9.50. The quantitative estimate of drug-likeness (QED) is 0.355. The van der Waals surface area contributed by atoms with Crippen LogP contribution in [0.5, 0.6) is 0 Å². The van der Waals surface area contributed by atoms with Gasteiger partial charge < -0.3 is 10.6 Å². The Morgan fingerprint density at radius 3 is 1.81 bits per heavy atom. The maximum atomic E-state index is 12.6. The zero-order chi connectivity index (χ0) is 26.8. The minimum absolute atomic E-state index is 0.0470. The minimum Gasteiger partial charge on any atom is -0.352 e. The molecule has 0 spiro atoms. The Balaban J connectivity index is 1.75. The Kier molecular flexibility index (Phi) is 10.4. The fourth-order valence-corrected chi connectivity index (χ4v) is 3.98. The molecule has 2 aromatic carbocycles. The van der Waals surface area contributed by atoms with Crippen molar-refractivity contribution in [2.75, 3.05) is 19.6 Å². The lowest BCUT2D eigenvalue weighted by molar-refractivity contribution is 0.0941. The van der Waals surface area contributed by atoms with Crippen molar-refractivity contribution in [2.24, 2.45) is 11.8 Å². The predicted octanol–water partition coefficient (Wildman–Crippen LogP) is 4.67. The van der Waals surface area contributed by atoms with E-state index in [0.29, 0.717) is 49.1 Å². The highest BCUT2D eigenvalue weighted by Gasteiger charge is 2.13. The van der Waals surface area contributed by atoms with Crippen molar-refractivity contribution in [1.29, 1.82) is 0 Å². The summed E-state index contributed by atoms with van der Waals surface area (Å²) in [4.78, 5) is 27.6. The summed E-state index contributed by atoms with van der Waals surface area (Å²) in [7, 11) is 0. The lowest BCUT2D eigenvalue weighted by Gasteiger charge is -2.23. The van der Waals surface area contributed by atoms with Crippen molar-refractivity contribution < 1.29 is 9.59 Å². The molecule has 2 amide bonds. The van der Waals surface area contributed by atoms with Gasteiger partial charge in [-0.05, 0) is 59.7 Å². The number of hydrogen-bond acceptors (Lipinski definition) is 4. The number of carbonyl (C=O) groups is 2. The Morgan fingerprint density at radius 1 is 0.865 bits per heavy atom. The second-order valence-electron chi connectivity index (χ2n) is 10.6. The van der Waals surface area contributed by atoms with Gasteiger partial charge in [-0.15, -0.1) is 0 Å². The fraction of sp³-hybridized carbons (Fsp3) is 0.433. The maximum absolute atomic E-state index is 12.6. The zero-order valence-corrected chi connectivity index (χ0v) is 22.8. The molecule has 0 bridgehead atoms. The first kappa shape index (κ1) is 28.1. The van der Waals surface area contributed by atoms with E-state index in [1.807, 2.05) is 60.4 Å². The van der Waals surface area contributed by atoms with E-state index < -0.39 is 0 Å². The van der Waals surface area contributed by atoms with Gasteiger partial charge in [0.05, 0.1) is 12.7 Å². The maximum Gasteiger partial charge on any atom is 0.251 e. The van der Waals surface area contributed by atoms with Crippen LogP contribution in [0.25, 0.3) is 0 Å². The largest absolute Gasteiger partial charge is 0.352 e. The molecule has 0 saturated carbocycles. The number of hydrogen-bond donors (Lipinski definition) is 2. The third-order valence-electron chi connectivity index (χ3n) is 5.94. The van der Waals surface area contributed by atoms with Gasteiger partial charge in [0.25, 0.3) is 11.8 Å². The van der Waals surface area contributed by atoms with Crippen LogP contribution in [0, 0.1) is 18.8 Å². The van der Waals surface area contributed by atoms with E-state index in [-0.39, 0.29) is 11.8 Å². The molecule has 2 N–H and O–H groups in total. The molecular weight excluding hydrogens is 462 g/mol. The molecule has 0 aliphatic heterocycles. The van der Waals surface area contributed by atoms with Gasteiger partial charge in [-0.25, -0.2) is 0 Å². The molecule has 0 radical (unpaired) electrons. The van der Waals surface area contributed by atoms with E-state index in [2.05, 4.69) is 60.5 Å². The number of nitrogens with zero attached hydrogens (tertiary/aromatic N) is 3. The Morgan fingerprint density at radius 2 is 1.38 bits per heavy atom. The van der Waals surface area contributed by atoms with Crippen molar-refractivity contribution >= 4 is 11.8 Å². The van der Waals surface area contributed by atoms with E-state index in [1.54, 1.807) is 0 Å². The molecule has 0 saturated heterocycles. The Hall–Kier alpha value is -3.45. The van der Waals surface area contributed by atoms with Crippen molar-refractivity contribution in [1.82, 2.24) is 25.3 Å². The zero-order valence-electron chi connectivity index (χ0n) is 22.8. The number of amides is 2. The van der Waals surface area contributed by atoms with Crippen LogP contribution in [-0.2, 0) is 19.6 Å². The topological polar surface area (TPSA) is 79.3 Å². The average molecular weight is 504 g/mol. The van der Waals surface area contributed by atoms with E-state index in [0.717, 1.165) is 29.8 Å². The van der Waals surface area contributed by atoms with Crippen molar-refractivity contribution in [3.05, 3.63) is 88.7 Å². The molecule has 198 valence electrons. The molecular formula is C30H41N5O2. The Labute approximate surface area is 221 Å². The van der Waals surface area contributed by atoms with E-state index in [4.69, 9.17) is 0 Å². The third-order valence-corrected chi connectivity index (χ3v) is 5.94. The number of carbonyl (C=O) groups excluding carboxylic acids is 2. The number of aryl methyl sites for hydroxylation is 1. The SMILES string of the molecule is Cc1cnn(CCN(Cc2cccc(C(=O)NCC(C)C)c2)Cc2cccc(C(=O)NCC(C)C)c2)c1. The van der Waals surface area contributed by atoms with Crippen LogP contribution in [0.2, 0.25) is 0 Å². The van der Waals surface area contributed by atoms with Crippen molar-refractivity contribution in [2.45, 2.75) is 54.3 Å². The summed E-state index contributed by atoms with van der Waals surface area (Å²) in [5.74, 6) is 0.706. The summed E-state index contributed by atoms with van der Waals surface area (Å²) < 4.78 is 1.95. The van der Waals surface area contributed by atoms with Crippen molar-refractivity contribution in [3.8, 4) is 0 Å². The second-order valence-corrected chi connectivity index (χ2v) is 10.6. The first-order valence-electron chi connectivity index (χ1n) is 13.1. The van der Waals surface area contributed by atoms with E-state index in [1.165, 1.54) is 0 Å². The highest BCUT2D eigenvalue weighted by molar-refractivity contribution is 5.94. The monoisotopic (exact) mass is 503 g/mol. The molecule has 7 nitrogen and oxygen atoms in total. The average Bonchev–Trinajstić information content (AvgIpc) is 3.29. The highest BCUT2D eigenvalue weighted by atomic mass is 16.2. The van der Waals surface area contributed by atoms with Crippen LogP contribution in [0.1, 0.15) is 65.1 Å². The van der Waals surface area contributed by atoms with Crippen LogP contribution >= 0.6 is 0 Å². The number of benzene rings is 2. The van der Waals surface area contributed by atoms with Crippen LogP contribution in [0.3, 0.4) is 0 Å². The standard InChI is InChI=1S/C30H41N5O2/c1-22(2)16-31-29(36)27-10-6-8-25(14-27)20-34(12-13-35-19-24(5)18-33-35)21-26-9-7-11-28(15-26)30(37)32-17-23(3)4/h6-11,14-15,18-19,22-23H,12-13,16-17,20-21H2,1-5H3,(H,31,36)(H,32,37). The fourth-order valence-electron chi connectivity index (χ4n) is 3.98. The molecule has 0 atom stereocenters. The normalized spacial score (nSPS) is 11.4. The molecule has 0 unspecified atom stereocenters. The van der Waals surface area contributed by atoms with Gasteiger partial charge in [0.1, 0.15) is 0 Å². The van der Waals surface area contributed by atoms with Crippen LogP contribution < -0.4 is 10.6 Å². The Bertz CT molecular complexity index is 1100. The van der Waals surface area contributed by atoms with Gasteiger partial charge in [0.15, 0.2) is 0 Å². The summed E-state index contributed by atoms with van der Waals surface area (Å²) in [5.41, 5.74) is 4.61. The molecule has 3 rings (SSSR count). The number of aromatic nitrogens is 2. The van der Waals surface area contributed by atoms with Gasteiger partial charge in [-0.3, -0.25) is 19.2 Å². The summed E-state index contributed by atoms with van der Waals surface area (Å²) in [6.07, 6.45) is 3.90. The molecule has 0 fully saturated rings.